The summed E-state index contributed by atoms with van der Waals surface area (Å²) in [6.45, 7) is 8.29. The lowest BCUT2D eigenvalue weighted by Crippen LogP contribution is -2.08. The van der Waals surface area contributed by atoms with E-state index in [1.807, 2.05) is 13.8 Å². The molecule has 0 bridgehead atoms. The highest BCUT2D eigenvalue weighted by molar-refractivity contribution is 7.16. The van der Waals surface area contributed by atoms with Gasteiger partial charge in [0.15, 0.2) is 5.13 Å². The summed E-state index contributed by atoms with van der Waals surface area (Å²) in [6, 6.07) is 0.420. The number of hydrogen-bond acceptors (Lipinski definition) is 5. The average Bonchev–Trinajstić information content (AvgIpc) is 2.72. The first-order chi connectivity index (χ1) is 7.56. The number of rotatable bonds is 3. The van der Waals surface area contributed by atoms with E-state index in [2.05, 4.69) is 34.5 Å². The van der Waals surface area contributed by atoms with Gasteiger partial charge in [-0.1, -0.05) is 0 Å². The molecule has 16 heavy (non-hydrogen) atoms. The molecule has 0 aromatic carbocycles. The minimum absolute atomic E-state index is 0.420. The van der Waals surface area contributed by atoms with Gasteiger partial charge in [0.2, 0.25) is 0 Å². The third-order valence-corrected chi connectivity index (χ3v) is 3.92. The Hall–Kier alpha value is -0.940. The second-order valence-corrected chi connectivity index (χ2v) is 6.05. The predicted molar refractivity (Wildman–Crippen MR) is 71.5 cm³/mol. The summed E-state index contributed by atoms with van der Waals surface area (Å²) in [5.41, 5.74) is 2.11. The molecule has 0 aliphatic carbocycles. The number of nitrogens with zero attached hydrogens (tertiary/aromatic N) is 2. The van der Waals surface area contributed by atoms with Gasteiger partial charge in [0, 0.05) is 11.4 Å². The molecular formula is C11H15N3S2. The van der Waals surface area contributed by atoms with Crippen molar-refractivity contribution >= 4 is 27.8 Å². The van der Waals surface area contributed by atoms with Crippen LogP contribution in [0.15, 0.2) is 5.38 Å². The number of nitrogens with one attached hydrogen (secondary N) is 1. The summed E-state index contributed by atoms with van der Waals surface area (Å²) in [6.07, 6.45) is 0. The zero-order valence-electron chi connectivity index (χ0n) is 9.87. The number of aryl methyl sites for hydroxylation is 2. The van der Waals surface area contributed by atoms with Crippen molar-refractivity contribution in [2.75, 3.05) is 5.32 Å². The van der Waals surface area contributed by atoms with Crippen LogP contribution in [0.1, 0.15) is 24.5 Å². The van der Waals surface area contributed by atoms with E-state index in [0.717, 1.165) is 21.5 Å². The molecule has 86 valence electrons. The molecule has 1 N–H and O–H groups in total. The lowest BCUT2D eigenvalue weighted by molar-refractivity contribution is 0.897. The zero-order valence-corrected chi connectivity index (χ0v) is 11.5. The molecule has 0 saturated carbocycles. The van der Waals surface area contributed by atoms with E-state index in [1.165, 1.54) is 4.88 Å². The van der Waals surface area contributed by atoms with Crippen LogP contribution in [0, 0.1) is 13.8 Å². The van der Waals surface area contributed by atoms with E-state index in [-0.39, 0.29) is 0 Å². The van der Waals surface area contributed by atoms with Crippen molar-refractivity contribution in [3.63, 3.8) is 0 Å². The molecule has 2 aromatic rings. The molecule has 0 aliphatic heterocycles. The van der Waals surface area contributed by atoms with Crippen LogP contribution in [0.3, 0.4) is 0 Å². The molecule has 0 saturated heterocycles. The Labute approximate surface area is 104 Å². The second-order valence-electron chi connectivity index (χ2n) is 3.98. The molecule has 5 heteroatoms. The monoisotopic (exact) mass is 253 g/mol. The van der Waals surface area contributed by atoms with E-state index in [4.69, 9.17) is 0 Å². The van der Waals surface area contributed by atoms with Gasteiger partial charge in [0.05, 0.1) is 21.3 Å². The Kier molecular flexibility index (Phi) is 3.25. The highest BCUT2D eigenvalue weighted by Gasteiger charge is 2.11. The normalized spacial score (nSPS) is 11.1. The SMILES string of the molecule is Cc1nc(C)c(-c2csc(NC(C)C)n2)s1. The fraction of sp³-hybridized carbons (Fsp3) is 0.455. The first kappa shape index (κ1) is 11.5. The number of anilines is 1. The van der Waals surface area contributed by atoms with Crippen LogP contribution in [0.4, 0.5) is 5.13 Å². The van der Waals surface area contributed by atoms with Crippen LogP contribution >= 0.6 is 22.7 Å². The third kappa shape index (κ3) is 2.41. The van der Waals surface area contributed by atoms with E-state index in [1.54, 1.807) is 22.7 Å². The van der Waals surface area contributed by atoms with Crippen molar-refractivity contribution in [3.05, 3.63) is 16.1 Å². The zero-order chi connectivity index (χ0) is 11.7. The van der Waals surface area contributed by atoms with Gasteiger partial charge in [-0.15, -0.1) is 22.7 Å². The quantitative estimate of drug-likeness (QED) is 0.906. The lowest BCUT2D eigenvalue weighted by Gasteiger charge is -2.04. The van der Waals surface area contributed by atoms with E-state index in [9.17, 15) is 0 Å². The summed E-state index contributed by atoms with van der Waals surface area (Å²) in [7, 11) is 0. The molecule has 0 spiro atoms. The Balaban J connectivity index is 2.28. The van der Waals surface area contributed by atoms with Gasteiger partial charge >= 0.3 is 0 Å². The third-order valence-electron chi connectivity index (χ3n) is 2.05. The molecule has 3 nitrogen and oxygen atoms in total. The maximum atomic E-state index is 4.57. The first-order valence-electron chi connectivity index (χ1n) is 5.22. The molecule has 0 radical (unpaired) electrons. The molecule has 2 aromatic heterocycles. The number of hydrogen-bond donors (Lipinski definition) is 1. The Bertz CT molecular complexity index is 485. The fourth-order valence-corrected chi connectivity index (χ4v) is 3.26. The van der Waals surface area contributed by atoms with Crippen molar-refractivity contribution in [2.24, 2.45) is 0 Å². The van der Waals surface area contributed by atoms with Crippen molar-refractivity contribution in [1.82, 2.24) is 9.97 Å². The summed E-state index contributed by atoms with van der Waals surface area (Å²) < 4.78 is 0. The average molecular weight is 253 g/mol. The summed E-state index contributed by atoms with van der Waals surface area (Å²) in [5, 5.41) is 7.48. The molecule has 0 amide bonds. The van der Waals surface area contributed by atoms with Crippen molar-refractivity contribution in [1.29, 1.82) is 0 Å². The Morgan fingerprint density at radius 1 is 1.25 bits per heavy atom. The smallest absolute Gasteiger partial charge is 0.183 e. The van der Waals surface area contributed by atoms with Gasteiger partial charge in [-0.3, -0.25) is 0 Å². The standard InChI is InChI=1S/C11H15N3S2/c1-6(2)12-11-14-9(5-15-11)10-7(3)13-8(4)16-10/h5-6H,1-4H3,(H,12,14). The van der Waals surface area contributed by atoms with E-state index >= 15 is 0 Å². The topological polar surface area (TPSA) is 37.8 Å². The first-order valence-corrected chi connectivity index (χ1v) is 6.92. The Morgan fingerprint density at radius 2 is 2.00 bits per heavy atom. The predicted octanol–water partition coefficient (Wildman–Crippen LogP) is 3.70. The lowest BCUT2D eigenvalue weighted by atomic mass is 10.3. The van der Waals surface area contributed by atoms with Gasteiger partial charge in [-0.25, -0.2) is 9.97 Å². The van der Waals surface area contributed by atoms with Crippen molar-refractivity contribution < 1.29 is 0 Å². The summed E-state index contributed by atoms with van der Waals surface area (Å²) >= 11 is 3.35. The summed E-state index contributed by atoms with van der Waals surface area (Å²) in [4.78, 5) is 10.2. The van der Waals surface area contributed by atoms with Crippen LogP contribution in [0.25, 0.3) is 10.6 Å². The highest BCUT2D eigenvalue weighted by Crippen LogP contribution is 2.32. The van der Waals surface area contributed by atoms with E-state index < -0.39 is 0 Å². The van der Waals surface area contributed by atoms with Crippen molar-refractivity contribution in [2.45, 2.75) is 33.7 Å². The molecule has 0 atom stereocenters. The van der Waals surface area contributed by atoms with Gasteiger partial charge in [-0.2, -0.15) is 0 Å². The summed E-state index contributed by atoms with van der Waals surface area (Å²) in [5.74, 6) is 0. The largest absolute Gasteiger partial charge is 0.359 e. The van der Waals surface area contributed by atoms with Gasteiger partial charge < -0.3 is 5.32 Å². The molecule has 0 aliphatic rings. The van der Waals surface area contributed by atoms with Crippen LogP contribution in [-0.2, 0) is 0 Å². The molecule has 0 fully saturated rings. The highest BCUT2D eigenvalue weighted by atomic mass is 32.1. The number of thiazole rings is 2. The maximum Gasteiger partial charge on any atom is 0.183 e. The minimum Gasteiger partial charge on any atom is -0.359 e. The molecule has 2 rings (SSSR count). The molecular weight excluding hydrogens is 238 g/mol. The number of aromatic nitrogens is 2. The van der Waals surface area contributed by atoms with Crippen LogP contribution in [0.5, 0.6) is 0 Å². The minimum atomic E-state index is 0.420. The van der Waals surface area contributed by atoms with E-state index in [0.29, 0.717) is 6.04 Å². The second kappa shape index (κ2) is 4.51. The Morgan fingerprint density at radius 3 is 2.56 bits per heavy atom. The maximum absolute atomic E-state index is 4.57. The molecule has 0 unspecified atom stereocenters. The van der Waals surface area contributed by atoms with Crippen LogP contribution < -0.4 is 5.32 Å². The van der Waals surface area contributed by atoms with Gasteiger partial charge in [-0.05, 0) is 27.7 Å². The molecule has 2 heterocycles. The van der Waals surface area contributed by atoms with Crippen LogP contribution in [-0.4, -0.2) is 16.0 Å². The fourth-order valence-electron chi connectivity index (χ4n) is 1.46. The van der Waals surface area contributed by atoms with Crippen molar-refractivity contribution in [3.8, 4) is 10.6 Å². The van der Waals surface area contributed by atoms with Gasteiger partial charge in [0.1, 0.15) is 0 Å². The van der Waals surface area contributed by atoms with Gasteiger partial charge in [0.25, 0.3) is 0 Å². The van der Waals surface area contributed by atoms with Crippen LogP contribution in [0.2, 0.25) is 0 Å².